The van der Waals surface area contributed by atoms with Crippen LogP contribution in [0.3, 0.4) is 0 Å². The number of halogens is 4. The van der Waals surface area contributed by atoms with E-state index in [-0.39, 0.29) is 25.4 Å². The van der Waals surface area contributed by atoms with Crippen LogP contribution in [0, 0.1) is 5.82 Å². The number of rotatable bonds is 8. The molecule has 142 valence electrons. The van der Waals surface area contributed by atoms with Gasteiger partial charge in [0, 0.05) is 24.7 Å². The highest BCUT2D eigenvalue weighted by atomic mass is 19.4. The van der Waals surface area contributed by atoms with Gasteiger partial charge in [0.05, 0.1) is 18.3 Å². The average molecular weight is 373 g/mol. The lowest BCUT2D eigenvalue weighted by Gasteiger charge is -2.12. The van der Waals surface area contributed by atoms with Gasteiger partial charge in [-0.25, -0.2) is 4.39 Å². The zero-order valence-electron chi connectivity index (χ0n) is 13.8. The number of nitrogens with one attached hydrogen (secondary N) is 1. The third kappa shape index (κ3) is 5.98. The zero-order valence-corrected chi connectivity index (χ0v) is 13.8. The molecule has 3 N–H and O–H groups in total. The Bertz CT molecular complexity index is 722. The van der Waals surface area contributed by atoms with Crippen molar-refractivity contribution in [2.75, 3.05) is 13.2 Å². The molecule has 4 nitrogen and oxygen atoms in total. The Labute approximate surface area is 148 Å². The number of hydrogen-bond donors (Lipinski definition) is 3. The lowest BCUT2D eigenvalue weighted by Crippen LogP contribution is -2.29. The molecule has 2 aromatic rings. The minimum atomic E-state index is -4.43. The lowest BCUT2D eigenvalue weighted by molar-refractivity contribution is -0.137. The first-order valence-electron chi connectivity index (χ1n) is 7.86. The Hall–Kier alpha value is -2.16. The molecular weight excluding hydrogens is 354 g/mol. The van der Waals surface area contributed by atoms with Crippen molar-refractivity contribution in [3.05, 3.63) is 65.0 Å². The second-order valence-corrected chi connectivity index (χ2v) is 5.71. The Morgan fingerprint density at radius 3 is 2.54 bits per heavy atom. The standard InChI is InChI=1S/C18H19F4NO3/c19-17-7-16(5-4-13(17)8-23-9-15(25)10-24)26-11-12-2-1-3-14(6-12)18(20,21)22/h1-7,15,23-25H,8-11H2/t15-/m1/s1. The molecule has 0 aromatic heterocycles. The van der Waals surface area contributed by atoms with Crippen molar-refractivity contribution in [3.63, 3.8) is 0 Å². The topological polar surface area (TPSA) is 61.7 Å². The van der Waals surface area contributed by atoms with Crippen LogP contribution in [0.15, 0.2) is 42.5 Å². The SMILES string of the molecule is OC[C@H](O)CNCc1ccc(OCc2cccc(C(F)(F)F)c2)cc1F. The summed E-state index contributed by atoms with van der Waals surface area (Å²) >= 11 is 0. The van der Waals surface area contributed by atoms with Crippen molar-refractivity contribution in [1.82, 2.24) is 5.32 Å². The fourth-order valence-electron chi connectivity index (χ4n) is 2.20. The third-order valence-corrected chi connectivity index (χ3v) is 3.59. The highest BCUT2D eigenvalue weighted by molar-refractivity contribution is 5.30. The van der Waals surface area contributed by atoms with Crippen LogP contribution in [0.2, 0.25) is 0 Å². The third-order valence-electron chi connectivity index (χ3n) is 3.59. The molecule has 0 aliphatic rings. The zero-order chi connectivity index (χ0) is 19.2. The molecular formula is C18H19F4NO3. The van der Waals surface area contributed by atoms with E-state index in [4.69, 9.17) is 9.84 Å². The molecule has 0 unspecified atom stereocenters. The van der Waals surface area contributed by atoms with E-state index in [1.54, 1.807) is 0 Å². The summed E-state index contributed by atoms with van der Waals surface area (Å²) in [5.74, 6) is -0.350. The molecule has 2 aromatic carbocycles. The van der Waals surface area contributed by atoms with E-state index in [1.807, 2.05) is 0 Å². The van der Waals surface area contributed by atoms with E-state index >= 15 is 0 Å². The minimum absolute atomic E-state index is 0.115. The summed E-state index contributed by atoms with van der Waals surface area (Å²) in [4.78, 5) is 0. The monoisotopic (exact) mass is 373 g/mol. The van der Waals surface area contributed by atoms with Gasteiger partial charge < -0.3 is 20.3 Å². The molecule has 0 aliphatic heterocycles. The fraction of sp³-hybridized carbons (Fsp3) is 0.333. The molecule has 26 heavy (non-hydrogen) atoms. The van der Waals surface area contributed by atoms with Gasteiger partial charge in [0.15, 0.2) is 0 Å². The molecule has 1 atom stereocenters. The predicted molar refractivity (Wildman–Crippen MR) is 87.0 cm³/mol. The van der Waals surface area contributed by atoms with Gasteiger partial charge in [-0.05, 0) is 23.8 Å². The molecule has 8 heteroatoms. The summed E-state index contributed by atoms with van der Waals surface area (Å²) in [5.41, 5.74) is -0.109. The van der Waals surface area contributed by atoms with Crippen molar-refractivity contribution in [2.45, 2.75) is 25.4 Å². The largest absolute Gasteiger partial charge is 0.489 e. The lowest BCUT2D eigenvalue weighted by atomic mass is 10.1. The van der Waals surface area contributed by atoms with Crippen LogP contribution >= 0.6 is 0 Å². The van der Waals surface area contributed by atoms with E-state index < -0.39 is 30.3 Å². The number of hydrogen-bond acceptors (Lipinski definition) is 4. The molecule has 0 saturated carbocycles. The summed E-state index contributed by atoms with van der Waals surface area (Å²) in [6, 6.07) is 8.88. The van der Waals surface area contributed by atoms with Gasteiger partial charge in [0.2, 0.25) is 0 Å². The number of aliphatic hydroxyl groups excluding tert-OH is 2. The first kappa shape index (κ1) is 20.2. The molecule has 0 radical (unpaired) electrons. The summed E-state index contributed by atoms with van der Waals surface area (Å²) in [5, 5.41) is 20.7. The van der Waals surface area contributed by atoms with Gasteiger partial charge in [-0.3, -0.25) is 0 Å². The van der Waals surface area contributed by atoms with Gasteiger partial charge in [0.25, 0.3) is 0 Å². The maximum Gasteiger partial charge on any atom is 0.416 e. The number of ether oxygens (including phenoxy) is 1. The van der Waals surface area contributed by atoms with Crippen molar-refractivity contribution in [2.24, 2.45) is 0 Å². The Balaban J connectivity index is 1.93. The normalized spacial score (nSPS) is 12.8. The van der Waals surface area contributed by atoms with Crippen LogP contribution in [-0.2, 0) is 19.3 Å². The van der Waals surface area contributed by atoms with Crippen LogP contribution in [-0.4, -0.2) is 29.5 Å². The van der Waals surface area contributed by atoms with Crippen LogP contribution < -0.4 is 10.1 Å². The number of aliphatic hydroxyl groups is 2. The molecule has 0 spiro atoms. The summed E-state index contributed by atoms with van der Waals surface area (Å²) in [6.45, 7) is -0.248. The van der Waals surface area contributed by atoms with Crippen LogP contribution in [0.1, 0.15) is 16.7 Å². The highest BCUT2D eigenvalue weighted by Gasteiger charge is 2.30. The molecule has 2 rings (SSSR count). The van der Waals surface area contributed by atoms with Crippen LogP contribution in [0.5, 0.6) is 5.75 Å². The number of benzene rings is 2. The molecule has 0 bridgehead atoms. The van der Waals surface area contributed by atoms with Crippen molar-refractivity contribution >= 4 is 0 Å². The van der Waals surface area contributed by atoms with E-state index in [0.29, 0.717) is 11.1 Å². The minimum Gasteiger partial charge on any atom is -0.489 e. The smallest absolute Gasteiger partial charge is 0.416 e. The van der Waals surface area contributed by atoms with Gasteiger partial charge in [-0.15, -0.1) is 0 Å². The Morgan fingerprint density at radius 2 is 1.88 bits per heavy atom. The summed E-state index contributed by atoms with van der Waals surface area (Å²) in [7, 11) is 0. The van der Waals surface area contributed by atoms with E-state index in [0.717, 1.165) is 18.2 Å². The van der Waals surface area contributed by atoms with Crippen LogP contribution in [0.4, 0.5) is 17.6 Å². The summed E-state index contributed by atoms with van der Waals surface area (Å²) < 4.78 is 57.4. The predicted octanol–water partition coefficient (Wildman–Crippen LogP) is 2.87. The molecule has 0 fully saturated rings. The summed E-state index contributed by atoms with van der Waals surface area (Å²) in [6.07, 6.45) is -5.35. The maximum atomic E-state index is 14.0. The quantitative estimate of drug-likeness (QED) is 0.623. The van der Waals surface area contributed by atoms with Crippen LogP contribution in [0.25, 0.3) is 0 Å². The Kier molecular flexibility index (Phi) is 6.96. The van der Waals surface area contributed by atoms with Crippen molar-refractivity contribution < 1.29 is 32.5 Å². The average Bonchev–Trinajstić information content (AvgIpc) is 2.61. The molecule has 0 heterocycles. The fourth-order valence-corrected chi connectivity index (χ4v) is 2.20. The van der Waals surface area contributed by atoms with Gasteiger partial charge in [0.1, 0.15) is 18.2 Å². The molecule has 0 saturated heterocycles. The van der Waals surface area contributed by atoms with Gasteiger partial charge >= 0.3 is 6.18 Å². The van der Waals surface area contributed by atoms with Crippen molar-refractivity contribution in [3.8, 4) is 5.75 Å². The van der Waals surface area contributed by atoms with Gasteiger partial charge in [-0.2, -0.15) is 13.2 Å². The van der Waals surface area contributed by atoms with E-state index in [2.05, 4.69) is 5.32 Å². The molecule has 0 amide bonds. The van der Waals surface area contributed by atoms with E-state index in [1.165, 1.54) is 24.3 Å². The van der Waals surface area contributed by atoms with Crippen molar-refractivity contribution in [1.29, 1.82) is 0 Å². The molecule has 0 aliphatic carbocycles. The second kappa shape index (κ2) is 8.98. The van der Waals surface area contributed by atoms with Gasteiger partial charge in [-0.1, -0.05) is 18.2 Å². The Morgan fingerprint density at radius 1 is 1.12 bits per heavy atom. The second-order valence-electron chi connectivity index (χ2n) is 5.71. The first-order chi connectivity index (χ1) is 12.3. The maximum absolute atomic E-state index is 14.0. The first-order valence-corrected chi connectivity index (χ1v) is 7.86. The highest BCUT2D eigenvalue weighted by Crippen LogP contribution is 2.29. The van der Waals surface area contributed by atoms with E-state index in [9.17, 15) is 22.7 Å². The number of alkyl halides is 3.